The molecule has 0 saturated heterocycles. The van der Waals surface area contributed by atoms with Gasteiger partial charge in [-0.05, 0) is 45.7 Å². The molecule has 2 heteroatoms. The van der Waals surface area contributed by atoms with Crippen LogP contribution in [0.3, 0.4) is 0 Å². The van der Waals surface area contributed by atoms with E-state index in [4.69, 9.17) is 4.74 Å². The molecule has 0 radical (unpaired) electrons. The highest BCUT2D eigenvalue weighted by atomic mass is 16.5. The number of nitrogens with one attached hydrogen (secondary N) is 1. The first-order valence-electron chi connectivity index (χ1n) is 5.50. The van der Waals surface area contributed by atoms with Gasteiger partial charge in [0.2, 0.25) is 0 Å². The van der Waals surface area contributed by atoms with E-state index in [0.29, 0.717) is 0 Å². The predicted molar refractivity (Wildman–Crippen MR) is 65.4 cm³/mol. The molecular weight excluding hydrogens is 186 g/mol. The van der Waals surface area contributed by atoms with Crippen LogP contribution >= 0.6 is 0 Å². The summed E-state index contributed by atoms with van der Waals surface area (Å²) in [5, 5.41) is 3.38. The van der Waals surface area contributed by atoms with Crippen LogP contribution in [-0.4, -0.2) is 12.8 Å². The molecule has 0 aliphatic heterocycles. The van der Waals surface area contributed by atoms with Crippen LogP contribution in [0.1, 0.15) is 30.5 Å². The summed E-state index contributed by atoms with van der Waals surface area (Å²) < 4.78 is 5.47. The molecule has 1 unspecified atom stereocenters. The van der Waals surface area contributed by atoms with Gasteiger partial charge >= 0.3 is 0 Å². The Morgan fingerprint density at radius 2 is 1.73 bits per heavy atom. The predicted octanol–water partition coefficient (Wildman–Crippen LogP) is 3.41. The third-order valence-corrected chi connectivity index (χ3v) is 2.44. The summed E-state index contributed by atoms with van der Waals surface area (Å²) in [7, 11) is 0. The summed E-state index contributed by atoms with van der Waals surface area (Å²) in [6, 6.07) is 4.38. The Morgan fingerprint density at radius 3 is 2.20 bits per heavy atom. The number of benzene rings is 1. The number of anilines is 1. The monoisotopic (exact) mass is 207 g/mol. The molecule has 0 bridgehead atoms. The Hall–Kier alpha value is -1.02. The van der Waals surface area contributed by atoms with Gasteiger partial charge in [-0.1, -0.05) is 17.7 Å². The molecule has 1 atom stereocenters. The molecule has 0 fully saturated rings. The number of ether oxygens (including phenoxy) is 1. The highest BCUT2D eigenvalue weighted by Gasteiger charge is 2.06. The maximum Gasteiger partial charge on any atom is 0.124 e. The summed E-state index contributed by atoms with van der Waals surface area (Å²) in [5.41, 5.74) is 5.05. The van der Waals surface area contributed by atoms with Crippen molar-refractivity contribution in [1.82, 2.24) is 0 Å². The third kappa shape index (κ3) is 3.24. The minimum atomic E-state index is 0.0649. The summed E-state index contributed by atoms with van der Waals surface area (Å²) in [6.45, 7) is 11.1. The molecule has 0 heterocycles. The lowest BCUT2D eigenvalue weighted by molar-refractivity contribution is 0.0960. The molecular formula is C13H21NO. The topological polar surface area (TPSA) is 21.3 Å². The third-order valence-electron chi connectivity index (χ3n) is 2.44. The minimum Gasteiger partial charge on any atom is -0.360 e. The van der Waals surface area contributed by atoms with Gasteiger partial charge < -0.3 is 10.1 Å². The fourth-order valence-corrected chi connectivity index (χ4v) is 1.90. The number of aryl methyl sites for hydroxylation is 3. The van der Waals surface area contributed by atoms with Crippen molar-refractivity contribution in [3.63, 3.8) is 0 Å². The Balaban J connectivity index is 2.85. The summed E-state index contributed by atoms with van der Waals surface area (Å²) in [5.74, 6) is 0. The van der Waals surface area contributed by atoms with Gasteiger partial charge in [-0.15, -0.1) is 0 Å². The number of hydrogen-bond donors (Lipinski definition) is 1. The molecule has 1 rings (SSSR count). The lowest BCUT2D eigenvalue weighted by Gasteiger charge is -2.19. The molecule has 2 nitrogen and oxygen atoms in total. The van der Waals surface area contributed by atoms with Crippen molar-refractivity contribution in [2.24, 2.45) is 0 Å². The Bertz CT molecular complexity index is 310. The van der Waals surface area contributed by atoms with E-state index in [0.717, 1.165) is 6.61 Å². The largest absolute Gasteiger partial charge is 0.360 e. The Kier molecular flexibility index (Phi) is 4.15. The van der Waals surface area contributed by atoms with Crippen LogP contribution < -0.4 is 5.32 Å². The quantitative estimate of drug-likeness (QED) is 0.764. The highest BCUT2D eigenvalue weighted by Crippen LogP contribution is 2.22. The van der Waals surface area contributed by atoms with Crippen molar-refractivity contribution >= 4 is 5.69 Å². The average molecular weight is 207 g/mol. The van der Waals surface area contributed by atoms with Crippen molar-refractivity contribution in [1.29, 1.82) is 0 Å². The lowest BCUT2D eigenvalue weighted by atomic mass is 10.1. The van der Waals surface area contributed by atoms with E-state index in [1.165, 1.54) is 22.4 Å². The van der Waals surface area contributed by atoms with E-state index in [1.807, 2.05) is 13.8 Å². The van der Waals surface area contributed by atoms with Gasteiger partial charge in [-0.3, -0.25) is 0 Å². The molecule has 0 saturated carbocycles. The van der Waals surface area contributed by atoms with E-state index in [2.05, 4.69) is 38.2 Å². The normalized spacial score (nSPS) is 12.6. The SMILES string of the molecule is CCOC(C)Nc1c(C)cc(C)cc1C. The number of rotatable bonds is 4. The standard InChI is InChI=1S/C13H21NO/c1-6-15-12(5)14-13-10(3)7-9(2)8-11(13)4/h7-8,12,14H,6H2,1-5H3. The average Bonchev–Trinajstić information content (AvgIpc) is 2.11. The Labute approximate surface area is 92.6 Å². The fourth-order valence-electron chi connectivity index (χ4n) is 1.90. The highest BCUT2D eigenvalue weighted by molar-refractivity contribution is 5.58. The second-order valence-corrected chi connectivity index (χ2v) is 4.02. The van der Waals surface area contributed by atoms with Crippen LogP contribution in [0.2, 0.25) is 0 Å². The van der Waals surface area contributed by atoms with Crippen molar-refractivity contribution in [3.05, 3.63) is 28.8 Å². The van der Waals surface area contributed by atoms with Crippen LogP contribution in [-0.2, 0) is 4.74 Å². The van der Waals surface area contributed by atoms with Crippen LogP contribution in [0, 0.1) is 20.8 Å². The van der Waals surface area contributed by atoms with E-state index in [-0.39, 0.29) is 6.23 Å². The molecule has 1 aromatic rings. The van der Waals surface area contributed by atoms with E-state index in [1.54, 1.807) is 0 Å². The molecule has 1 aromatic carbocycles. The Morgan fingerprint density at radius 1 is 1.20 bits per heavy atom. The molecule has 1 N–H and O–H groups in total. The molecule has 0 spiro atoms. The van der Waals surface area contributed by atoms with Crippen LogP contribution in [0.25, 0.3) is 0 Å². The molecule has 0 aliphatic rings. The second-order valence-electron chi connectivity index (χ2n) is 4.02. The zero-order valence-electron chi connectivity index (χ0n) is 10.3. The molecule has 84 valence electrons. The molecule has 0 amide bonds. The van der Waals surface area contributed by atoms with Gasteiger partial charge in [0.15, 0.2) is 0 Å². The maximum atomic E-state index is 5.47. The summed E-state index contributed by atoms with van der Waals surface area (Å²) >= 11 is 0. The maximum absolute atomic E-state index is 5.47. The first kappa shape index (κ1) is 12.1. The van der Waals surface area contributed by atoms with Crippen LogP contribution in [0.4, 0.5) is 5.69 Å². The first-order valence-corrected chi connectivity index (χ1v) is 5.50. The summed E-state index contributed by atoms with van der Waals surface area (Å²) in [6.07, 6.45) is 0.0649. The van der Waals surface area contributed by atoms with Crippen molar-refractivity contribution in [2.45, 2.75) is 40.8 Å². The molecule has 0 aliphatic carbocycles. The van der Waals surface area contributed by atoms with Crippen molar-refractivity contribution in [3.8, 4) is 0 Å². The van der Waals surface area contributed by atoms with Crippen molar-refractivity contribution < 1.29 is 4.74 Å². The molecule has 0 aromatic heterocycles. The van der Waals surface area contributed by atoms with Gasteiger partial charge in [-0.2, -0.15) is 0 Å². The van der Waals surface area contributed by atoms with E-state index in [9.17, 15) is 0 Å². The van der Waals surface area contributed by atoms with Crippen molar-refractivity contribution in [2.75, 3.05) is 11.9 Å². The lowest BCUT2D eigenvalue weighted by Crippen LogP contribution is -2.20. The van der Waals surface area contributed by atoms with Gasteiger partial charge in [-0.25, -0.2) is 0 Å². The minimum absolute atomic E-state index is 0.0649. The van der Waals surface area contributed by atoms with Crippen LogP contribution in [0.5, 0.6) is 0 Å². The van der Waals surface area contributed by atoms with E-state index >= 15 is 0 Å². The smallest absolute Gasteiger partial charge is 0.124 e. The number of hydrogen-bond acceptors (Lipinski definition) is 2. The van der Waals surface area contributed by atoms with E-state index < -0.39 is 0 Å². The van der Waals surface area contributed by atoms with Gasteiger partial charge in [0.05, 0.1) is 0 Å². The van der Waals surface area contributed by atoms with Gasteiger partial charge in [0.1, 0.15) is 6.23 Å². The fraction of sp³-hybridized carbons (Fsp3) is 0.538. The van der Waals surface area contributed by atoms with Gasteiger partial charge in [0, 0.05) is 12.3 Å². The zero-order valence-corrected chi connectivity index (χ0v) is 10.3. The zero-order chi connectivity index (χ0) is 11.4. The van der Waals surface area contributed by atoms with Gasteiger partial charge in [0.25, 0.3) is 0 Å². The molecule has 15 heavy (non-hydrogen) atoms. The van der Waals surface area contributed by atoms with Crippen LogP contribution in [0.15, 0.2) is 12.1 Å². The first-order chi connectivity index (χ1) is 7.04. The second kappa shape index (κ2) is 5.17. The summed E-state index contributed by atoms with van der Waals surface area (Å²) in [4.78, 5) is 0.